The molecule has 1 aromatic rings. The second kappa shape index (κ2) is 5.46. The predicted octanol–water partition coefficient (Wildman–Crippen LogP) is 6.10. The molecule has 2 heteroatoms. The van der Waals surface area contributed by atoms with Crippen molar-refractivity contribution in [2.75, 3.05) is 0 Å². The molecule has 4 bridgehead atoms. The molecule has 0 N–H and O–H groups in total. The molecule has 0 amide bonds. The van der Waals surface area contributed by atoms with Gasteiger partial charge in [-0.15, -0.1) is 11.6 Å². The van der Waals surface area contributed by atoms with Gasteiger partial charge in [-0.1, -0.05) is 23.7 Å². The fourth-order valence-corrected chi connectivity index (χ4v) is 6.59. The number of halogens is 2. The molecule has 0 heterocycles. The van der Waals surface area contributed by atoms with E-state index in [1.54, 1.807) is 0 Å². The first kappa shape index (κ1) is 14.4. The Morgan fingerprint density at radius 2 is 1.48 bits per heavy atom. The number of rotatable bonds is 4. The summed E-state index contributed by atoms with van der Waals surface area (Å²) in [7, 11) is 0. The predicted molar refractivity (Wildman–Crippen MR) is 90.0 cm³/mol. The second-order valence-corrected chi connectivity index (χ2v) is 9.10. The van der Waals surface area contributed by atoms with Crippen LogP contribution in [0.15, 0.2) is 24.3 Å². The van der Waals surface area contributed by atoms with Gasteiger partial charge in [-0.05, 0) is 92.2 Å². The fourth-order valence-electron chi connectivity index (χ4n) is 5.96. The van der Waals surface area contributed by atoms with Gasteiger partial charge in [0.25, 0.3) is 0 Å². The van der Waals surface area contributed by atoms with Gasteiger partial charge in [-0.25, -0.2) is 0 Å². The summed E-state index contributed by atoms with van der Waals surface area (Å²) in [4.78, 5) is 0. The zero-order valence-electron chi connectivity index (χ0n) is 12.5. The van der Waals surface area contributed by atoms with Gasteiger partial charge in [0.05, 0.1) is 0 Å². The number of alkyl halides is 1. The lowest BCUT2D eigenvalue weighted by Crippen LogP contribution is -2.47. The summed E-state index contributed by atoms with van der Waals surface area (Å²) in [6.07, 6.45) is 11.1. The van der Waals surface area contributed by atoms with Crippen molar-refractivity contribution in [1.29, 1.82) is 0 Å². The summed E-state index contributed by atoms with van der Waals surface area (Å²) in [5.74, 6) is 3.07. The van der Waals surface area contributed by atoms with Crippen molar-refractivity contribution in [3.8, 4) is 0 Å². The van der Waals surface area contributed by atoms with E-state index >= 15 is 0 Å². The van der Waals surface area contributed by atoms with E-state index < -0.39 is 0 Å². The molecule has 4 aliphatic rings. The van der Waals surface area contributed by atoms with Crippen molar-refractivity contribution < 1.29 is 0 Å². The van der Waals surface area contributed by atoms with E-state index in [1.807, 2.05) is 12.1 Å². The van der Waals surface area contributed by atoms with Crippen LogP contribution in [0, 0.1) is 23.2 Å². The van der Waals surface area contributed by atoms with Crippen LogP contribution in [0.4, 0.5) is 0 Å². The van der Waals surface area contributed by atoms with Crippen molar-refractivity contribution in [3.63, 3.8) is 0 Å². The highest BCUT2D eigenvalue weighted by Crippen LogP contribution is 2.61. The highest BCUT2D eigenvalue weighted by molar-refractivity contribution is 6.30. The van der Waals surface area contributed by atoms with Crippen LogP contribution in [-0.4, -0.2) is 5.38 Å². The maximum Gasteiger partial charge on any atom is 0.0406 e. The Kier molecular flexibility index (Phi) is 3.74. The molecule has 0 aliphatic heterocycles. The van der Waals surface area contributed by atoms with Crippen LogP contribution in [-0.2, 0) is 6.42 Å². The van der Waals surface area contributed by atoms with Crippen molar-refractivity contribution in [3.05, 3.63) is 34.9 Å². The van der Waals surface area contributed by atoms with Crippen LogP contribution >= 0.6 is 23.2 Å². The third-order valence-corrected chi connectivity index (χ3v) is 6.75. The Labute approximate surface area is 138 Å². The minimum Gasteiger partial charge on any atom is -0.123 e. The topological polar surface area (TPSA) is 0 Å². The largest absolute Gasteiger partial charge is 0.123 e. The van der Waals surface area contributed by atoms with Gasteiger partial charge in [0.2, 0.25) is 0 Å². The Hall–Kier alpha value is -0.200. The first-order chi connectivity index (χ1) is 10.1. The maximum atomic E-state index is 6.76. The summed E-state index contributed by atoms with van der Waals surface area (Å²) < 4.78 is 0. The molecule has 0 spiro atoms. The van der Waals surface area contributed by atoms with E-state index in [1.165, 1.54) is 50.5 Å². The van der Waals surface area contributed by atoms with Gasteiger partial charge in [-0.3, -0.25) is 0 Å². The summed E-state index contributed by atoms with van der Waals surface area (Å²) in [5.41, 5.74) is 1.91. The van der Waals surface area contributed by atoms with E-state index in [9.17, 15) is 0 Å². The molecule has 1 atom stereocenters. The standard InChI is InChI=1S/C19H24Cl2/c20-17-3-1-13(2-4-17)8-18(21)12-19-9-14-5-15(10-19)7-16(6-14)11-19/h1-4,14-16,18H,5-12H2. The van der Waals surface area contributed by atoms with Gasteiger partial charge in [0, 0.05) is 10.4 Å². The van der Waals surface area contributed by atoms with E-state index in [4.69, 9.17) is 23.2 Å². The van der Waals surface area contributed by atoms with Crippen molar-refractivity contribution in [2.45, 2.75) is 56.7 Å². The fraction of sp³-hybridized carbons (Fsp3) is 0.684. The zero-order chi connectivity index (χ0) is 14.4. The molecule has 5 rings (SSSR count). The monoisotopic (exact) mass is 322 g/mol. The summed E-state index contributed by atoms with van der Waals surface area (Å²) in [6.45, 7) is 0. The molecule has 0 aromatic heterocycles. The lowest BCUT2D eigenvalue weighted by molar-refractivity contribution is -0.0574. The van der Waals surface area contributed by atoms with E-state index in [2.05, 4.69) is 12.1 Å². The number of hydrogen-bond donors (Lipinski definition) is 0. The quantitative estimate of drug-likeness (QED) is 0.588. The molecule has 4 saturated carbocycles. The van der Waals surface area contributed by atoms with Crippen LogP contribution < -0.4 is 0 Å². The summed E-state index contributed by atoms with van der Waals surface area (Å²) in [6, 6.07) is 8.20. The van der Waals surface area contributed by atoms with Crippen LogP contribution in [0.5, 0.6) is 0 Å². The molecule has 4 fully saturated rings. The van der Waals surface area contributed by atoms with Crippen LogP contribution in [0.2, 0.25) is 5.02 Å². The Morgan fingerprint density at radius 1 is 0.952 bits per heavy atom. The number of hydrogen-bond acceptors (Lipinski definition) is 0. The number of benzene rings is 1. The van der Waals surface area contributed by atoms with Crippen molar-refractivity contribution in [2.24, 2.45) is 23.2 Å². The van der Waals surface area contributed by atoms with Gasteiger partial charge in [0.1, 0.15) is 0 Å². The average Bonchev–Trinajstić information content (AvgIpc) is 2.39. The Bertz CT molecular complexity index is 470. The molecule has 0 saturated heterocycles. The van der Waals surface area contributed by atoms with Crippen LogP contribution in [0.25, 0.3) is 0 Å². The van der Waals surface area contributed by atoms with Gasteiger partial charge < -0.3 is 0 Å². The average molecular weight is 323 g/mol. The van der Waals surface area contributed by atoms with Gasteiger partial charge in [-0.2, -0.15) is 0 Å². The van der Waals surface area contributed by atoms with Crippen LogP contribution in [0.3, 0.4) is 0 Å². The highest BCUT2D eigenvalue weighted by atomic mass is 35.5. The minimum atomic E-state index is 0.280. The normalized spacial score (nSPS) is 38.7. The Morgan fingerprint density at radius 3 is 2.00 bits per heavy atom. The second-order valence-electron chi connectivity index (χ2n) is 8.05. The summed E-state index contributed by atoms with van der Waals surface area (Å²) >= 11 is 12.7. The Balaban J connectivity index is 1.42. The molecular formula is C19H24Cl2. The molecule has 1 unspecified atom stereocenters. The first-order valence-electron chi connectivity index (χ1n) is 8.49. The third-order valence-electron chi connectivity index (χ3n) is 6.19. The van der Waals surface area contributed by atoms with E-state index in [0.717, 1.165) is 29.2 Å². The van der Waals surface area contributed by atoms with E-state index in [0.29, 0.717) is 5.41 Å². The molecule has 114 valence electrons. The lowest BCUT2D eigenvalue weighted by Gasteiger charge is -2.57. The molecule has 0 nitrogen and oxygen atoms in total. The SMILES string of the molecule is Clc1ccc(CC(Cl)CC23CC4CC(CC(C4)C2)C3)cc1. The van der Waals surface area contributed by atoms with Crippen molar-refractivity contribution in [1.82, 2.24) is 0 Å². The molecule has 21 heavy (non-hydrogen) atoms. The molecule has 4 aliphatic carbocycles. The third kappa shape index (κ3) is 2.99. The van der Waals surface area contributed by atoms with Gasteiger partial charge in [0.15, 0.2) is 0 Å². The maximum absolute atomic E-state index is 6.76. The lowest BCUT2D eigenvalue weighted by atomic mass is 9.48. The smallest absolute Gasteiger partial charge is 0.0406 e. The first-order valence-corrected chi connectivity index (χ1v) is 9.30. The minimum absolute atomic E-state index is 0.280. The van der Waals surface area contributed by atoms with Gasteiger partial charge >= 0.3 is 0 Å². The highest BCUT2D eigenvalue weighted by Gasteiger charge is 2.51. The molecule has 1 aromatic carbocycles. The van der Waals surface area contributed by atoms with Crippen LogP contribution in [0.1, 0.15) is 50.5 Å². The van der Waals surface area contributed by atoms with Crippen molar-refractivity contribution >= 4 is 23.2 Å². The summed E-state index contributed by atoms with van der Waals surface area (Å²) in [5, 5.41) is 1.09. The van der Waals surface area contributed by atoms with E-state index in [-0.39, 0.29) is 5.38 Å². The molecular weight excluding hydrogens is 299 g/mol. The molecule has 0 radical (unpaired) electrons. The zero-order valence-corrected chi connectivity index (χ0v) is 14.0.